The normalized spacial score (nSPS) is 15.5. The lowest BCUT2D eigenvalue weighted by molar-refractivity contribution is 0.270. The molecule has 1 fully saturated rings. The first-order valence-corrected chi connectivity index (χ1v) is 8.15. The summed E-state index contributed by atoms with van der Waals surface area (Å²) in [5.41, 5.74) is 0.620. The van der Waals surface area contributed by atoms with Gasteiger partial charge < -0.3 is 14.2 Å². The number of nitrogens with one attached hydrogen (secondary N) is 1. The zero-order chi connectivity index (χ0) is 14.9. The summed E-state index contributed by atoms with van der Waals surface area (Å²) in [6.45, 7) is 0.00159. The van der Waals surface area contributed by atoms with Crippen molar-refractivity contribution in [2.75, 3.05) is 6.54 Å². The van der Waals surface area contributed by atoms with Crippen LogP contribution in [0.15, 0.2) is 28.0 Å². The maximum Gasteiger partial charge on any atom is 0.242 e. The molecule has 1 aliphatic rings. The predicted molar refractivity (Wildman–Crippen MR) is 71.8 cm³/mol. The molecular weight excluding hydrogens is 296 g/mol. The first kappa shape index (κ1) is 14.2. The summed E-state index contributed by atoms with van der Waals surface area (Å²) in [7, 11) is -3.60. The standard InChI is InChI=1S/C12H16N4O4S/c17-7-10-5-11(6-16(10)9-1-2-9)21(18,19)15-4-3-12-13-8-14-20-12/h5-6,8-9,15,17H,1-4,7H2. The largest absolute Gasteiger partial charge is 0.390 e. The molecular formula is C12H16N4O4S. The van der Waals surface area contributed by atoms with E-state index >= 15 is 0 Å². The van der Waals surface area contributed by atoms with Crippen LogP contribution in [0.25, 0.3) is 0 Å². The van der Waals surface area contributed by atoms with Crippen LogP contribution in [-0.4, -0.2) is 34.8 Å². The molecule has 2 aromatic heterocycles. The van der Waals surface area contributed by atoms with Crippen molar-refractivity contribution in [1.82, 2.24) is 19.4 Å². The van der Waals surface area contributed by atoms with Crippen LogP contribution in [0.1, 0.15) is 30.5 Å². The van der Waals surface area contributed by atoms with Crippen molar-refractivity contribution < 1.29 is 18.0 Å². The van der Waals surface area contributed by atoms with Crippen molar-refractivity contribution >= 4 is 10.0 Å². The van der Waals surface area contributed by atoms with Crippen LogP contribution in [0.5, 0.6) is 0 Å². The second-order valence-corrected chi connectivity index (χ2v) is 6.71. The molecule has 1 saturated carbocycles. The summed E-state index contributed by atoms with van der Waals surface area (Å²) in [5.74, 6) is 0.379. The van der Waals surface area contributed by atoms with E-state index in [1.54, 1.807) is 6.20 Å². The van der Waals surface area contributed by atoms with Crippen molar-refractivity contribution in [1.29, 1.82) is 0 Å². The molecule has 3 rings (SSSR count). The van der Waals surface area contributed by atoms with Crippen LogP contribution in [0.4, 0.5) is 0 Å². The smallest absolute Gasteiger partial charge is 0.242 e. The molecule has 0 atom stereocenters. The van der Waals surface area contributed by atoms with Gasteiger partial charge in [-0.25, -0.2) is 13.1 Å². The molecule has 0 saturated heterocycles. The molecule has 0 spiro atoms. The molecule has 0 radical (unpaired) electrons. The molecule has 0 aliphatic heterocycles. The highest BCUT2D eigenvalue weighted by atomic mass is 32.2. The second-order valence-electron chi connectivity index (χ2n) is 4.95. The lowest BCUT2D eigenvalue weighted by atomic mass is 10.4. The molecule has 1 aliphatic carbocycles. The van der Waals surface area contributed by atoms with Crippen LogP contribution < -0.4 is 4.72 Å². The summed E-state index contributed by atoms with van der Waals surface area (Å²) >= 11 is 0. The zero-order valence-electron chi connectivity index (χ0n) is 11.3. The summed E-state index contributed by atoms with van der Waals surface area (Å²) < 4.78 is 33.6. The highest BCUT2D eigenvalue weighted by Crippen LogP contribution is 2.37. The van der Waals surface area contributed by atoms with Gasteiger partial charge in [-0.15, -0.1) is 0 Å². The Balaban J connectivity index is 1.69. The van der Waals surface area contributed by atoms with Gasteiger partial charge in [-0.1, -0.05) is 5.16 Å². The lowest BCUT2D eigenvalue weighted by Crippen LogP contribution is -2.25. The van der Waals surface area contributed by atoms with Crippen molar-refractivity contribution in [2.24, 2.45) is 0 Å². The van der Waals surface area contributed by atoms with E-state index in [-0.39, 0.29) is 18.0 Å². The maximum absolute atomic E-state index is 12.2. The Morgan fingerprint density at radius 3 is 2.90 bits per heavy atom. The summed E-state index contributed by atoms with van der Waals surface area (Å²) in [6.07, 6.45) is 5.22. The third kappa shape index (κ3) is 3.14. The average Bonchev–Trinajstić information content (AvgIpc) is 3.00. The van der Waals surface area contributed by atoms with Crippen LogP contribution in [-0.2, 0) is 23.1 Å². The summed E-state index contributed by atoms with van der Waals surface area (Å²) in [5, 5.41) is 12.8. The molecule has 2 N–H and O–H groups in total. The van der Waals surface area contributed by atoms with Crippen LogP contribution >= 0.6 is 0 Å². The van der Waals surface area contributed by atoms with E-state index in [9.17, 15) is 13.5 Å². The molecule has 114 valence electrons. The van der Waals surface area contributed by atoms with E-state index in [2.05, 4.69) is 14.9 Å². The number of hydrogen-bond acceptors (Lipinski definition) is 6. The average molecular weight is 312 g/mol. The fourth-order valence-electron chi connectivity index (χ4n) is 2.14. The Labute approximate surface area is 121 Å². The highest BCUT2D eigenvalue weighted by Gasteiger charge is 2.27. The van der Waals surface area contributed by atoms with Gasteiger partial charge in [-0.05, 0) is 18.9 Å². The van der Waals surface area contributed by atoms with E-state index in [4.69, 9.17) is 4.52 Å². The monoisotopic (exact) mass is 312 g/mol. The number of aromatic nitrogens is 3. The number of hydrogen-bond donors (Lipinski definition) is 2. The molecule has 0 amide bonds. The van der Waals surface area contributed by atoms with E-state index in [0.717, 1.165) is 12.8 Å². The molecule has 2 heterocycles. The first-order valence-electron chi connectivity index (χ1n) is 6.67. The highest BCUT2D eigenvalue weighted by molar-refractivity contribution is 7.89. The molecule has 0 aromatic carbocycles. The van der Waals surface area contributed by atoms with Gasteiger partial charge in [-0.2, -0.15) is 4.98 Å². The van der Waals surface area contributed by atoms with Crippen molar-refractivity contribution in [2.45, 2.75) is 36.8 Å². The van der Waals surface area contributed by atoms with Gasteiger partial charge in [0.15, 0.2) is 6.33 Å². The number of aliphatic hydroxyl groups is 1. The first-order chi connectivity index (χ1) is 10.1. The van der Waals surface area contributed by atoms with Gasteiger partial charge in [-0.3, -0.25) is 0 Å². The van der Waals surface area contributed by atoms with Gasteiger partial charge in [0, 0.05) is 30.9 Å². The van der Waals surface area contributed by atoms with Crippen molar-refractivity contribution in [3.05, 3.63) is 30.2 Å². The Kier molecular flexibility index (Phi) is 3.79. The number of nitrogens with zero attached hydrogens (tertiary/aromatic N) is 3. The minimum atomic E-state index is -3.60. The van der Waals surface area contributed by atoms with E-state index in [0.29, 0.717) is 24.0 Å². The summed E-state index contributed by atoms with van der Waals surface area (Å²) in [4.78, 5) is 3.99. The van der Waals surface area contributed by atoms with E-state index in [1.165, 1.54) is 12.4 Å². The Bertz CT molecular complexity index is 704. The van der Waals surface area contributed by atoms with E-state index in [1.807, 2.05) is 4.57 Å². The summed E-state index contributed by atoms with van der Waals surface area (Å²) in [6, 6.07) is 1.82. The molecule has 8 nitrogen and oxygen atoms in total. The van der Waals surface area contributed by atoms with Gasteiger partial charge in [0.25, 0.3) is 0 Å². The number of rotatable bonds is 7. The van der Waals surface area contributed by atoms with Crippen LogP contribution in [0, 0.1) is 0 Å². The van der Waals surface area contributed by atoms with Crippen molar-refractivity contribution in [3.63, 3.8) is 0 Å². The zero-order valence-corrected chi connectivity index (χ0v) is 12.1. The fraction of sp³-hybridized carbons (Fsp3) is 0.500. The molecule has 9 heteroatoms. The Morgan fingerprint density at radius 1 is 1.48 bits per heavy atom. The minimum Gasteiger partial charge on any atom is -0.390 e. The second kappa shape index (κ2) is 5.58. The van der Waals surface area contributed by atoms with Crippen LogP contribution in [0.2, 0.25) is 0 Å². The molecule has 0 unspecified atom stereocenters. The third-order valence-electron chi connectivity index (χ3n) is 3.36. The SMILES string of the molecule is O=S(=O)(NCCc1ncno1)c1cc(CO)n(C2CC2)c1. The maximum atomic E-state index is 12.2. The minimum absolute atomic E-state index is 0.170. The molecule has 21 heavy (non-hydrogen) atoms. The van der Waals surface area contributed by atoms with Crippen molar-refractivity contribution in [3.8, 4) is 0 Å². The van der Waals surface area contributed by atoms with Gasteiger partial charge in [0.05, 0.1) is 11.5 Å². The topological polar surface area (TPSA) is 110 Å². The number of sulfonamides is 1. The molecule has 2 aromatic rings. The fourth-order valence-corrected chi connectivity index (χ4v) is 3.23. The lowest BCUT2D eigenvalue weighted by Gasteiger charge is -2.04. The van der Waals surface area contributed by atoms with Gasteiger partial charge in [0.1, 0.15) is 0 Å². The predicted octanol–water partition coefficient (Wildman–Crippen LogP) is 0.219. The quantitative estimate of drug-likeness (QED) is 0.756. The third-order valence-corrected chi connectivity index (χ3v) is 4.79. The Morgan fingerprint density at radius 2 is 2.29 bits per heavy atom. The van der Waals surface area contributed by atoms with E-state index < -0.39 is 10.0 Å². The van der Waals surface area contributed by atoms with Gasteiger partial charge >= 0.3 is 0 Å². The van der Waals surface area contributed by atoms with Gasteiger partial charge in [0.2, 0.25) is 15.9 Å². The number of aliphatic hydroxyl groups excluding tert-OH is 1. The van der Waals surface area contributed by atoms with Crippen LogP contribution in [0.3, 0.4) is 0 Å². The molecule has 0 bridgehead atoms. The Hall–Kier alpha value is -1.71.